The summed E-state index contributed by atoms with van der Waals surface area (Å²) >= 11 is 6.04. The maximum atomic E-state index is 14.0. The summed E-state index contributed by atoms with van der Waals surface area (Å²) < 4.78 is 39.5. The highest BCUT2D eigenvalue weighted by atomic mass is 35.5. The van der Waals surface area contributed by atoms with Crippen molar-refractivity contribution in [3.63, 3.8) is 0 Å². The number of hydrogen-bond donors (Lipinski definition) is 1. The molecule has 0 bridgehead atoms. The van der Waals surface area contributed by atoms with E-state index in [4.69, 9.17) is 21.1 Å². The first kappa shape index (κ1) is 30.8. The van der Waals surface area contributed by atoms with Gasteiger partial charge in [-0.3, -0.25) is 13.9 Å². The van der Waals surface area contributed by atoms with Gasteiger partial charge in [0.25, 0.3) is 10.0 Å². The first-order valence-electron chi connectivity index (χ1n) is 12.7. The number of rotatable bonds is 13. The zero-order chi connectivity index (χ0) is 29.3. The van der Waals surface area contributed by atoms with Crippen molar-refractivity contribution in [2.45, 2.75) is 37.8 Å². The molecule has 0 spiro atoms. The average molecular weight is 588 g/mol. The minimum absolute atomic E-state index is 0.0370. The van der Waals surface area contributed by atoms with Crippen molar-refractivity contribution < 1.29 is 27.5 Å². The summed E-state index contributed by atoms with van der Waals surface area (Å²) in [6, 6.07) is 18.4. The van der Waals surface area contributed by atoms with E-state index in [0.717, 1.165) is 16.3 Å². The third-order valence-corrected chi connectivity index (χ3v) is 8.29. The molecule has 0 aliphatic carbocycles. The Labute approximate surface area is 240 Å². The summed E-state index contributed by atoms with van der Waals surface area (Å²) in [6.07, 6.45) is 0.727. The average Bonchev–Trinajstić information content (AvgIpc) is 2.97. The largest absolute Gasteiger partial charge is 0.497 e. The lowest BCUT2D eigenvalue weighted by Crippen LogP contribution is -2.51. The van der Waals surface area contributed by atoms with Gasteiger partial charge in [0.2, 0.25) is 11.8 Å². The van der Waals surface area contributed by atoms with Crippen LogP contribution in [0.25, 0.3) is 0 Å². The maximum Gasteiger partial charge on any atom is 0.264 e. The van der Waals surface area contributed by atoms with E-state index in [0.29, 0.717) is 17.3 Å². The van der Waals surface area contributed by atoms with Crippen LogP contribution in [-0.4, -0.2) is 58.5 Å². The molecule has 3 rings (SSSR count). The van der Waals surface area contributed by atoms with Crippen LogP contribution in [-0.2, 0) is 26.2 Å². The maximum absolute atomic E-state index is 14.0. The fourth-order valence-electron chi connectivity index (χ4n) is 3.99. The standard InChI is InChI=1S/C29H34ClN3O6S/c1-5-18-31-29(35)21(2)32(19-22-10-12-23(30)13-11-22)28(34)20-33(26-8-6-7-9-27(26)39-4)40(36,37)25-16-14-24(38-3)15-17-25/h6-17,21H,5,18-20H2,1-4H3,(H,31,35)/t21-/m0/s1. The quantitative estimate of drug-likeness (QED) is 0.316. The summed E-state index contributed by atoms with van der Waals surface area (Å²) in [5.74, 6) is -0.159. The molecule has 0 saturated carbocycles. The smallest absolute Gasteiger partial charge is 0.264 e. The van der Waals surface area contributed by atoms with Gasteiger partial charge in [-0.2, -0.15) is 0 Å². The van der Waals surface area contributed by atoms with E-state index in [-0.39, 0.29) is 28.8 Å². The summed E-state index contributed by atoms with van der Waals surface area (Å²) in [7, 11) is -1.34. The molecular weight excluding hydrogens is 554 g/mol. The minimum Gasteiger partial charge on any atom is -0.497 e. The van der Waals surface area contributed by atoms with Crippen LogP contribution in [0.15, 0.2) is 77.7 Å². The molecule has 214 valence electrons. The Morgan fingerprint density at radius 2 is 1.60 bits per heavy atom. The lowest BCUT2D eigenvalue weighted by molar-refractivity contribution is -0.139. The predicted molar refractivity (Wildman–Crippen MR) is 155 cm³/mol. The summed E-state index contributed by atoms with van der Waals surface area (Å²) in [6.45, 7) is 3.49. The fourth-order valence-corrected chi connectivity index (χ4v) is 5.54. The normalized spacial score (nSPS) is 11.8. The van der Waals surface area contributed by atoms with Crippen LogP contribution in [0.1, 0.15) is 25.8 Å². The number of carbonyl (C=O) groups is 2. The Morgan fingerprint density at radius 1 is 0.950 bits per heavy atom. The van der Waals surface area contributed by atoms with Gasteiger partial charge in [0.15, 0.2) is 0 Å². The van der Waals surface area contributed by atoms with Crippen molar-refractivity contribution in [3.8, 4) is 11.5 Å². The van der Waals surface area contributed by atoms with Gasteiger partial charge >= 0.3 is 0 Å². The molecule has 2 amide bonds. The number of sulfonamides is 1. The highest BCUT2D eigenvalue weighted by Gasteiger charge is 2.33. The molecule has 0 fully saturated rings. The van der Waals surface area contributed by atoms with Gasteiger partial charge in [0, 0.05) is 18.1 Å². The Morgan fingerprint density at radius 3 is 2.20 bits per heavy atom. The first-order chi connectivity index (χ1) is 19.1. The monoisotopic (exact) mass is 587 g/mol. The van der Waals surface area contributed by atoms with Crippen LogP contribution in [0.3, 0.4) is 0 Å². The highest BCUT2D eigenvalue weighted by Crippen LogP contribution is 2.33. The van der Waals surface area contributed by atoms with Crippen LogP contribution in [0, 0.1) is 0 Å². The highest BCUT2D eigenvalue weighted by molar-refractivity contribution is 7.92. The van der Waals surface area contributed by atoms with Gasteiger partial charge in [-0.25, -0.2) is 8.42 Å². The Balaban J connectivity index is 2.05. The number of methoxy groups -OCH3 is 2. The van der Waals surface area contributed by atoms with E-state index >= 15 is 0 Å². The molecule has 40 heavy (non-hydrogen) atoms. The number of nitrogens with zero attached hydrogens (tertiary/aromatic N) is 2. The zero-order valence-corrected chi connectivity index (χ0v) is 24.5. The molecule has 0 aromatic heterocycles. The van der Waals surface area contributed by atoms with Crippen molar-refractivity contribution in [2.24, 2.45) is 0 Å². The molecule has 3 aromatic carbocycles. The molecule has 1 atom stereocenters. The Hall–Kier alpha value is -3.76. The van der Waals surface area contributed by atoms with Gasteiger partial charge in [0.1, 0.15) is 24.1 Å². The number of para-hydroxylation sites is 2. The van der Waals surface area contributed by atoms with Crippen molar-refractivity contribution in [2.75, 3.05) is 31.6 Å². The van der Waals surface area contributed by atoms with E-state index in [1.54, 1.807) is 55.5 Å². The van der Waals surface area contributed by atoms with E-state index in [1.807, 2.05) is 6.92 Å². The Bertz CT molecular complexity index is 1400. The number of hydrogen-bond acceptors (Lipinski definition) is 6. The Kier molecular flexibility index (Phi) is 10.8. The van der Waals surface area contributed by atoms with Gasteiger partial charge in [-0.05, 0) is 67.4 Å². The fraction of sp³-hybridized carbons (Fsp3) is 0.310. The van der Waals surface area contributed by atoms with Crippen LogP contribution in [0.2, 0.25) is 5.02 Å². The SMILES string of the molecule is CCCNC(=O)[C@H](C)N(Cc1ccc(Cl)cc1)C(=O)CN(c1ccccc1OC)S(=O)(=O)c1ccc(OC)cc1. The second kappa shape index (κ2) is 14.0. The predicted octanol–water partition coefficient (Wildman–Crippen LogP) is 4.50. The van der Waals surface area contributed by atoms with E-state index in [9.17, 15) is 18.0 Å². The van der Waals surface area contributed by atoms with Crippen molar-refractivity contribution in [1.82, 2.24) is 10.2 Å². The number of nitrogens with one attached hydrogen (secondary N) is 1. The zero-order valence-electron chi connectivity index (χ0n) is 23.0. The topological polar surface area (TPSA) is 105 Å². The molecule has 0 radical (unpaired) electrons. The second-order valence-electron chi connectivity index (χ2n) is 8.97. The lowest BCUT2D eigenvalue weighted by Gasteiger charge is -2.32. The van der Waals surface area contributed by atoms with Gasteiger partial charge < -0.3 is 19.7 Å². The van der Waals surface area contributed by atoms with E-state index in [1.165, 1.54) is 43.4 Å². The number of benzene rings is 3. The molecule has 0 unspecified atom stereocenters. The third kappa shape index (κ3) is 7.45. The third-order valence-electron chi connectivity index (χ3n) is 6.26. The molecule has 0 aliphatic heterocycles. The second-order valence-corrected chi connectivity index (χ2v) is 11.3. The summed E-state index contributed by atoms with van der Waals surface area (Å²) in [5.41, 5.74) is 0.915. The number of amides is 2. The molecule has 11 heteroatoms. The molecule has 0 heterocycles. The van der Waals surface area contributed by atoms with Crippen molar-refractivity contribution in [3.05, 3.63) is 83.4 Å². The number of ether oxygens (including phenoxy) is 2. The van der Waals surface area contributed by atoms with Gasteiger partial charge in [-0.1, -0.05) is 42.8 Å². The van der Waals surface area contributed by atoms with Gasteiger partial charge in [-0.15, -0.1) is 0 Å². The van der Waals surface area contributed by atoms with Crippen LogP contribution in [0.5, 0.6) is 11.5 Å². The number of carbonyl (C=O) groups excluding carboxylic acids is 2. The number of anilines is 1. The van der Waals surface area contributed by atoms with Gasteiger partial charge in [0.05, 0.1) is 24.8 Å². The molecule has 9 nitrogen and oxygen atoms in total. The lowest BCUT2D eigenvalue weighted by atomic mass is 10.1. The molecule has 1 N–H and O–H groups in total. The molecule has 0 aliphatic rings. The summed E-state index contributed by atoms with van der Waals surface area (Å²) in [4.78, 5) is 28.2. The molecule has 3 aromatic rings. The molecular formula is C29H34ClN3O6S. The summed E-state index contributed by atoms with van der Waals surface area (Å²) in [5, 5.41) is 3.35. The minimum atomic E-state index is -4.25. The first-order valence-corrected chi connectivity index (χ1v) is 14.6. The molecule has 0 saturated heterocycles. The van der Waals surface area contributed by atoms with Crippen LogP contribution in [0.4, 0.5) is 5.69 Å². The van der Waals surface area contributed by atoms with Crippen LogP contribution < -0.4 is 19.1 Å². The van der Waals surface area contributed by atoms with Crippen LogP contribution >= 0.6 is 11.6 Å². The van der Waals surface area contributed by atoms with Crippen molar-refractivity contribution >= 4 is 39.1 Å². The van der Waals surface area contributed by atoms with E-state index < -0.39 is 28.5 Å². The van der Waals surface area contributed by atoms with Crippen molar-refractivity contribution in [1.29, 1.82) is 0 Å². The number of halogens is 1. The van der Waals surface area contributed by atoms with E-state index in [2.05, 4.69) is 5.32 Å².